The Balaban J connectivity index is 0.000000980. The Bertz CT molecular complexity index is 398. The Morgan fingerprint density at radius 1 is 0.714 bits per heavy atom. The molecule has 2 heteroatoms. The smallest absolute Gasteiger partial charge is 0.507 e. The molecule has 0 aliphatic carbocycles. The maximum atomic E-state index is 9.56. The van der Waals surface area contributed by atoms with Gasteiger partial charge < -0.3 is 5.11 Å². The average Bonchev–Trinajstić information content (AvgIpc) is 2.20. The normalized spacial score (nSPS) is 9.14. The molecule has 0 spiro atoms. The molecule has 2 aromatic carbocycles. The van der Waals surface area contributed by atoms with Crippen LogP contribution in [-0.4, -0.2) is 5.11 Å². The van der Waals surface area contributed by atoms with Gasteiger partial charge in [0.15, 0.2) is 0 Å². The van der Waals surface area contributed by atoms with Gasteiger partial charge in [-0.2, -0.15) is 0 Å². The first kappa shape index (κ1) is 11.9. The molecule has 1 N–H and O–H groups in total. The van der Waals surface area contributed by atoms with E-state index in [4.69, 9.17) is 0 Å². The number of para-hydroxylation sites is 1. The van der Waals surface area contributed by atoms with Crippen LogP contribution in [-0.2, 0) is 0 Å². The maximum Gasteiger partial charge on any atom is 1.00 e. The van der Waals surface area contributed by atoms with Gasteiger partial charge in [-0.05, 0) is 11.6 Å². The standard InChI is InChI=1S/C12H10O.K/c13-12-9-5-4-8-11(12)10-6-2-1-3-7-10;/h1-9,13H;/q;+1. The van der Waals surface area contributed by atoms with Crippen LogP contribution in [0, 0.1) is 0 Å². The maximum absolute atomic E-state index is 9.56. The number of rotatable bonds is 1. The molecule has 0 atom stereocenters. The van der Waals surface area contributed by atoms with Crippen molar-refractivity contribution in [3.05, 3.63) is 54.6 Å². The van der Waals surface area contributed by atoms with Crippen molar-refractivity contribution in [1.82, 2.24) is 0 Å². The third-order valence-electron chi connectivity index (χ3n) is 1.99. The van der Waals surface area contributed by atoms with Crippen LogP contribution in [0.3, 0.4) is 0 Å². The summed E-state index contributed by atoms with van der Waals surface area (Å²) in [4.78, 5) is 0. The van der Waals surface area contributed by atoms with Crippen molar-refractivity contribution >= 4 is 0 Å². The van der Waals surface area contributed by atoms with E-state index in [2.05, 4.69) is 0 Å². The molecule has 0 saturated heterocycles. The molecule has 0 saturated carbocycles. The van der Waals surface area contributed by atoms with E-state index in [9.17, 15) is 5.11 Å². The van der Waals surface area contributed by atoms with E-state index in [0.717, 1.165) is 11.1 Å². The minimum atomic E-state index is 0. The zero-order chi connectivity index (χ0) is 9.10. The molecule has 0 bridgehead atoms. The van der Waals surface area contributed by atoms with Gasteiger partial charge in [-0.3, -0.25) is 0 Å². The Labute approximate surface area is 126 Å². The zero-order valence-corrected chi connectivity index (χ0v) is 11.3. The van der Waals surface area contributed by atoms with Crippen LogP contribution >= 0.6 is 0 Å². The molecule has 1 nitrogen and oxygen atoms in total. The SMILES string of the molecule is Oc1ccccc1-c1ccccc1.[K+]. The molecular weight excluding hydrogens is 199 g/mol. The summed E-state index contributed by atoms with van der Waals surface area (Å²) < 4.78 is 0. The molecular formula is C12H10KO+. The van der Waals surface area contributed by atoms with E-state index in [0.29, 0.717) is 5.75 Å². The van der Waals surface area contributed by atoms with E-state index in [-0.39, 0.29) is 51.4 Å². The van der Waals surface area contributed by atoms with Crippen LogP contribution in [0.1, 0.15) is 0 Å². The number of hydrogen-bond donors (Lipinski definition) is 1. The molecule has 2 rings (SSSR count). The van der Waals surface area contributed by atoms with E-state index in [1.165, 1.54) is 0 Å². The fraction of sp³-hybridized carbons (Fsp3) is 0. The number of phenolic OH excluding ortho intramolecular Hbond substituents is 1. The van der Waals surface area contributed by atoms with Gasteiger partial charge in [0.1, 0.15) is 5.75 Å². The van der Waals surface area contributed by atoms with Crippen molar-refractivity contribution in [1.29, 1.82) is 0 Å². The van der Waals surface area contributed by atoms with Crippen molar-refractivity contribution in [2.24, 2.45) is 0 Å². The van der Waals surface area contributed by atoms with Gasteiger partial charge in [0, 0.05) is 5.56 Å². The number of benzene rings is 2. The molecule has 0 unspecified atom stereocenters. The molecule has 0 aromatic heterocycles. The predicted molar refractivity (Wildman–Crippen MR) is 53.5 cm³/mol. The number of phenols is 1. The Morgan fingerprint density at radius 2 is 1.29 bits per heavy atom. The molecule has 0 amide bonds. The van der Waals surface area contributed by atoms with Crippen LogP contribution in [0.4, 0.5) is 0 Å². The minimum Gasteiger partial charge on any atom is -0.507 e. The average molecular weight is 209 g/mol. The monoisotopic (exact) mass is 209 g/mol. The summed E-state index contributed by atoms with van der Waals surface area (Å²) in [6.45, 7) is 0. The second-order valence-electron chi connectivity index (χ2n) is 2.88. The van der Waals surface area contributed by atoms with Crippen molar-refractivity contribution in [2.75, 3.05) is 0 Å². The van der Waals surface area contributed by atoms with Crippen LogP contribution in [0.15, 0.2) is 54.6 Å². The topological polar surface area (TPSA) is 20.2 Å². The predicted octanol–water partition coefficient (Wildman–Crippen LogP) is 0.0632. The quantitative estimate of drug-likeness (QED) is 0.659. The van der Waals surface area contributed by atoms with E-state index >= 15 is 0 Å². The van der Waals surface area contributed by atoms with Crippen molar-refractivity contribution in [2.45, 2.75) is 0 Å². The Kier molecular flexibility index (Phi) is 4.85. The molecule has 0 fully saturated rings. The van der Waals surface area contributed by atoms with Gasteiger partial charge >= 0.3 is 51.4 Å². The van der Waals surface area contributed by atoms with Crippen LogP contribution in [0.2, 0.25) is 0 Å². The van der Waals surface area contributed by atoms with Crippen molar-refractivity contribution < 1.29 is 56.5 Å². The number of hydrogen-bond acceptors (Lipinski definition) is 1. The summed E-state index contributed by atoms with van der Waals surface area (Å²) in [6.07, 6.45) is 0. The second-order valence-corrected chi connectivity index (χ2v) is 2.88. The van der Waals surface area contributed by atoms with Crippen LogP contribution in [0.5, 0.6) is 5.75 Å². The number of aromatic hydroxyl groups is 1. The first-order chi connectivity index (χ1) is 6.38. The largest absolute Gasteiger partial charge is 1.00 e. The van der Waals surface area contributed by atoms with Gasteiger partial charge in [-0.15, -0.1) is 0 Å². The van der Waals surface area contributed by atoms with Gasteiger partial charge in [0.25, 0.3) is 0 Å². The zero-order valence-electron chi connectivity index (χ0n) is 8.14. The molecule has 2 aromatic rings. The fourth-order valence-electron chi connectivity index (χ4n) is 1.34. The summed E-state index contributed by atoms with van der Waals surface area (Å²) in [5.41, 5.74) is 1.92. The fourth-order valence-corrected chi connectivity index (χ4v) is 1.34. The van der Waals surface area contributed by atoms with Crippen LogP contribution in [0.25, 0.3) is 11.1 Å². The van der Waals surface area contributed by atoms with Crippen LogP contribution < -0.4 is 51.4 Å². The van der Waals surface area contributed by atoms with Crippen molar-refractivity contribution in [3.8, 4) is 16.9 Å². The third kappa shape index (κ3) is 2.68. The molecule has 14 heavy (non-hydrogen) atoms. The van der Waals surface area contributed by atoms with E-state index in [1.54, 1.807) is 6.07 Å². The summed E-state index contributed by atoms with van der Waals surface area (Å²) in [5.74, 6) is 0.328. The van der Waals surface area contributed by atoms with E-state index in [1.807, 2.05) is 48.5 Å². The van der Waals surface area contributed by atoms with Gasteiger partial charge in [-0.1, -0.05) is 48.5 Å². The Morgan fingerprint density at radius 3 is 1.93 bits per heavy atom. The summed E-state index contributed by atoms with van der Waals surface area (Å²) in [7, 11) is 0. The molecule has 0 radical (unpaired) electrons. The second kappa shape index (κ2) is 5.68. The molecule has 0 heterocycles. The first-order valence-corrected chi connectivity index (χ1v) is 4.21. The minimum absolute atomic E-state index is 0. The van der Waals surface area contributed by atoms with Gasteiger partial charge in [-0.25, -0.2) is 0 Å². The first-order valence-electron chi connectivity index (χ1n) is 4.21. The summed E-state index contributed by atoms with van der Waals surface area (Å²) in [6, 6.07) is 17.2. The molecule has 0 aliphatic rings. The summed E-state index contributed by atoms with van der Waals surface area (Å²) in [5, 5.41) is 9.56. The van der Waals surface area contributed by atoms with Gasteiger partial charge in [0.05, 0.1) is 0 Å². The molecule has 64 valence electrons. The summed E-state index contributed by atoms with van der Waals surface area (Å²) >= 11 is 0. The van der Waals surface area contributed by atoms with Gasteiger partial charge in [0.2, 0.25) is 0 Å². The van der Waals surface area contributed by atoms with E-state index < -0.39 is 0 Å². The third-order valence-corrected chi connectivity index (χ3v) is 1.99. The Hall–Kier alpha value is -0.124. The van der Waals surface area contributed by atoms with Crippen molar-refractivity contribution in [3.63, 3.8) is 0 Å². The molecule has 0 aliphatic heterocycles.